The second-order valence-electron chi connectivity index (χ2n) is 6.86. The Morgan fingerprint density at radius 2 is 1.83 bits per heavy atom. The molecule has 0 radical (unpaired) electrons. The molecule has 1 N–H and O–H groups in total. The number of urea groups is 1. The molecule has 2 aromatic carbocycles. The summed E-state index contributed by atoms with van der Waals surface area (Å²) in [6.45, 7) is 1.50. The molecule has 1 aliphatic heterocycles. The second-order valence-corrected chi connectivity index (χ2v) is 7.87. The number of carbonyl (C=O) groups is 3. The molecule has 4 amide bonds. The lowest BCUT2D eigenvalue weighted by molar-refractivity contribution is -0.134. The van der Waals surface area contributed by atoms with Gasteiger partial charge in [0.15, 0.2) is 5.13 Å². The first-order valence-corrected chi connectivity index (χ1v) is 10.1. The molecular formula is C21H20N4O3S. The molecule has 1 saturated heterocycles. The zero-order valence-electron chi connectivity index (χ0n) is 16.1. The number of aromatic nitrogens is 1. The zero-order chi connectivity index (χ0) is 20.6. The number of thiazole rings is 1. The van der Waals surface area contributed by atoms with Crippen molar-refractivity contribution in [3.63, 3.8) is 0 Å². The van der Waals surface area contributed by atoms with Gasteiger partial charge in [0.25, 0.3) is 5.91 Å². The molecule has 8 heteroatoms. The summed E-state index contributed by atoms with van der Waals surface area (Å²) in [4.78, 5) is 45.4. The zero-order valence-corrected chi connectivity index (χ0v) is 16.9. The van der Waals surface area contributed by atoms with Crippen LogP contribution in [0.15, 0.2) is 54.6 Å². The van der Waals surface area contributed by atoms with E-state index in [1.54, 1.807) is 19.2 Å². The number of fused-ring (bicyclic) bond motifs is 1. The van der Waals surface area contributed by atoms with Gasteiger partial charge < -0.3 is 5.32 Å². The van der Waals surface area contributed by atoms with Crippen molar-refractivity contribution >= 4 is 44.5 Å². The van der Waals surface area contributed by atoms with E-state index in [4.69, 9.17) is 0 Å². The number of likely N-dealkylation sites (N-methyl/N-ethyl adjacent to an activating group) is 1. The van der Waals surface area contributed by atoms with Crippen molar-refractivity contribution in [3.8, 4) is 0 Å². The fraction of sp³-hybridized carbons (Fsp3) is 0.238. The molecule has 1 atom stereocenters. The minimum absolute atomic E-state index is 0.342. The van der Waals surface area contributed by atoms with E-state index in [0.717, 1.165) is 15.1 Å². The molecule has 2 heterocycles. The monoisotopic (exact) mass is 408 g/mol. The van der Waals surface area contributed by atoms with Gasteiger partial charge in [0.1, 0.15) is 12.1 Å². The van der Waals surface area contributed by atoms with Gasteiger partial charge in [-0.25, -0.2) is 9.78 Å². The molecule has 148 valence electrons. The summed E-state index contributed by atoms with van der Waals surface area (Å²) < 4.78 is 0.964. The van der Waals surface area contributed by atoms with Gasteiger partial charge in [-0.2, -0.15) is 0 Å². The average molecular weight is 408 g/mol. The van der Waals surface area contributed by atoms with E-state index < -0.39 is 17.5 Å². The predicted molar refractivity (Wildman–Crippen MR) is 112 cm³/mol. The third-order valence-corrected chi connectivity index (χ3v) is 6.32. The van der Waals surface area contributed by atoms with Gasteiger partial charge in [-0.15, -0.1) is 0 Å². The molecule has 1 aliphatic rings. The van der Waals surface area contributed by atoms with Gasteiger partial charge in [0, 0.05) is 7.05 Å². The van der Waals surface area contributed by atoms with Crippen molar-refractivity contribution in [2.24, 2.45) is 0 Å². The molecule has 1 aromatic heterocycles. The number of rotatable bonds is 5. The van der Waals surface area contributed by atoms with E-state index in [9.17, 15) is 14.4 Å². The number of hydrogen-bond donors (Lipinski definition) is 1. The van der Waals surface area contributed by atoms with Crippen LogP contribution in [0.5, 0.6) is 0 Å². The first-order valence-electron chi connectivity index (χ1n) is 9.28. The summed E-state index contributed by atoms with van der Waals surface area (Å²) in [5.41, 5.74) is 0.360. The summed E-state index contributed by atoms with van der Waals surface area (Å²) >= 11 is 1.38. The normalized spacial score (nSPS) is 18.9. The molecule has 7 nitrogen and oxygen atoms in total. The molecule has 1 unspecified atom stereocenters. The van der Waals surface area contributed by atoms with Crippen LogP contribution in [0.2, 0.25) is 0 Å². The number of imide groups is 1. The van der Waals surface area contributed by atoms with Crippen LogP contribution in [-0.2, 0) is 15.1 Å². The molecule has 0 bridgehead atoms. The molecule has 3 aromatic rings. The maximum atomic E-state index is 13.2. The highest BCUT2D eigenvalue weighted by Gasteiger charge is 2.51. The van der Waals surface area contributed by atoms with Gasteiger partial charge in [0.05, 0.1) is 10.2 Å². The fourth-order valence-electron chi connectivity index (χ4n) is 3.48. The maximum Gasteiger partial charge on any atom is 0.325 e. The van der Waals surface area contributed by atoms with Crippen molar-refractivity contribution in [2.75, 3.05) is 18.5 Å². The Morgan fingerprint density at radius 1 is 1.14 bits per heavy atom. The maximum absolute atomic E-state index is 13.2. The number of carbonyl (C=O) groups excluding carboxylic acids is 3. The standard InChI is InChI=1S/C21H20N4O3S/c1-3-21(14-9-5-4-6-10-14)18(27)25(19(28)23-21)13-17(26)24(2)20-22-15-11-7-8-12-16(15)29-20/h4-12H,3,13H2,1-2H3,(H,23,28). The summed E-state index contributed by atoms with van der Waals surface area (Å²) in [6.07, 6.45) is 0.389. The molecule has 0 spiro atoms. The number of para-hydroxylation sites is 1. The minimum atomic E-state index is -1.15. The number of amides is 4. The van der Waals surface area contributed by atoms with Crippen LogP contribution in [-0.4, -0.2) is 41.3 Å². The van der Waals surface area contributed by atoms with E-state index in [0.29, 0.717) is 17.1 Å². The number of anilines is 1. The van der Waals surface area contributed by atoms with Gasteiger partial charge in [-0.3, -0.25) is 19.4 Å². The summed E-state index contributed by atoms with van der Waals surface area (Å²) in [7, 11) is 1.60. The van der Waals surface area contributed by atoms with E-state index >= 15 is 0 Å². The van der Waals surface area contributed by atoms with Crippen molar-refractivity contribution in [1.82, 2.24) is 15.2 Å². The van der Waals surface area contributed by atoms with Crippen molar-refractivity contribution in [2.45, 2.75) is 18.9 Å². The van der Waals surface area contributed by atoms with Crippen molar-refractivity contribution < 1.29 is 14.4 Å². The van der Waals surface area contributed by atoms with Gasteiger partial charge in [-0.1, -0.05) is 60.7 Å². The van der Waals surface area contributed by atoms with Crippen LogP contribution in [0.3, 0.4) is 0 Å². The topological polar surface area (TPSA) is 82.6 Å². The van der Waals surface area contributed by atoms with Crippen LogP contribution in [0.1, 0.15) is 18.9 Å². The molecule has 1 fully saturated rings. The highest BCUT2D eigenvalue weighted by atomic mass is 32.1. The SMILES string of the molecule is CCC1(c2ccccc2)NC(=O)N(CC(=O)N(C)c2nc3ccccc3s2)C1=O. The number of nitrogens with zero attached hydrogens (tertiary/aromatic N) is 3. The number of nitrogens with one attached hydrogen (secondary N) is 1. The first-order chi connectivity index (χ1) is 14.0. The number of hydrogen-bond acceptors (Lipinski definition) is 5. The predicted octanol–water partition coefficient (Wildman–Crippen LogP) is 3.12. The Labute approximate surface area is 171 Å². The lowest BCUT2D eigenvalue weighted by Crippen LogP contribution is -2.45. The van der Waals surface area contributed by atoms with Crippen LogP contribution in [0, 0.1) is 0 Å². The average Bonchev–Trinajstić information content (AvgIpc) is 3.28. The minimum Gasteiger partial charge on any atom is -0.319 e. The molecule has 29 heavy (non-hydrogen) atoms. The van der Waals surface area contributed by atoms with Crippen molar-refractivity contribution in [1.29, 1.82) is 0 Å². The Morgan fingerprint density at radius 3 is 2.52 bits per heavy atom. The van der Waals surface area contributed by atoms with Gasteiger partial charge in [0.2, 0.25) is 5.91 Å². The number of benzene rings is 2. The Bertz CT molecular complexity index is 1060. The largest absolute Gasteiger partial charge is 0.325 e. The highest BCUT2D eigenvalue weighted by molar-refractivity contribution is 7.22. The summed E-state index contributed by atoms with van der Waals surface area (Å²) in [5, 5.41) is 3.31. The van der Waals surface area contributed by atoms with E-state index in [1.165, 1.54) is 16.2 Å². The fourth-order valence-corrected chi connectivity index (χ4v) is 4.43. The summed E-state index contributed by atoms with van der Waals surface area (Å²) in [5.74, 6) is -0.797. The van der Waals surface area contributed by atoms with Crippen molar-refractivity contribution in [3.05, 3.63) is 60.2 Å². The molecule has 0 saturated carbocycles. The van der Waals surface area contributed by atoms with Crippen LogP contribution in [0.25, 0.3) is 10.2 Å². The van der Waals surface area contributed by atoms with E-state index in [1.807, 2.05) is 49.4 Å². The Hall–Kier alpha value is -3.26. The Kier molecular flexibility index (Phi) is 4.79. The van der Waals surface area contributed by atoms with E-state index in [2.05, 4.69) is 10.3 Å². The highest BCUT2D eigenvalue weighted by Crippen LogP contribution is 2.33. The van der Waals surface area contributed by atoms with Crippen LogP contribution < -0.4 is 10.2 Å². The molecule has 4 rings (SSSR count). The lowest BCUT2D eigenvalue weighted by Gasteiger charge is -2.26. The van der Waals surface area contributed by atoms with Crippen LogP contribution >= 0.6 is 11.3 Å². The van der Waals surface area contributed by atoms with Crippen LogP contribution in [0.4, 0.5) is 9.93 Å². The molecule has 0 aliphatic carbocycles. The lowest BCUT2D eigenvalue weighted by atomic mass is 9.87. The van der Waals surface area contributed by atoms with Gasteiger partial charge in [-0.05, 0) is 24.1 Å². The smallest absolute Gasteiger partial charge is 0.319 e. The third kappa shape index (κ3) is 3.15. The summed E-state index contributed by atoms with van der Waals surface area (Å²) in [6, 6.07) is 16.1. The van der Waals surface area contributed by atoms with Gasteiger partial charge >= 0.3 is 6.03 Å². The quantitative estimate of drug-likeness (QED) is 0.658. The Balaban J connectivity index is 1.56. The van der Waals surface area contributed by atoms with E-state index in [-0.39, 0.29) is 12.5 Å². The second kappa shape index (κ2) is 7.29. The third-order valence-electron chi connectivity index (χ3n) is 5.21. The molecular weight excluding hydrogens is 388 g/mol. The first kappa shape index (κ1) is 19.1.